The molecule has 118 valence electrons. The molecule has 0 aromatic carbocycles. The summed E-state index contributed by atoms with van der Waals surface area (Å²) in [4.78, 5) is 25.5. The number of primary amides is 1. The molecular weight excluding hydrogens is 254 g/mol. The maximum absolute atomic E-state index is 12.3. The van der Waals surface area contributed by atoms with E-state index in [1.54, 1.807) is 0 Å². The van der Waals surface area contributed by atoms with Crippen molar-refractivity contribution in [3.8, 4) is 0 Å². The Bertz CT molecular complexity index is 316. The predicted octanol–water partition coefficient (Wildman–Crippen LogP) is 1.37. The number of carbonyl (C=O) groups excluding carboxylic acids is 2. The maximum atomic E-state index is 12.3. The number of carbonyl (C=O) groups is 2. The lowest BCUT2D eigenvalue weighted by atomic mass is 9.98. The largest absolute Gasteiger partial charge is 0.368 e. The van der Waals surface area contributed by atoms with E-state index in [9.17, 15) is 9.59 Å². The van der Waals surface area contributed by atoms with Crippen LogP contribution in [0.3, 0.4) is 0 Å². The molecule has 5 nitrogen and oxygen atoms in total. The Balaban J connectivity index is 4.59. The fraction of sp³-hybridized carbons (Fsp3) is 0.867. The summed E-state index contributed by atoms with van der Waals surface area (Å²) in [6.07, 6.45) is 0.842. The van der Waals surface area contributed by atoms with Crippen molar-refractivity contribution in [1.82, 2.24) is 10.2 Å². The lowest BCUT2D eigenvalue weighted by Gasteiger charge is -2.30. The standard InChI is InChI=1S/C15H31N3O2/c1-7-12(6)14(15(16)20)17-8-13(19)18(11(4)5)9-10(2)3/h10-12,14,17H,7-9H2,1-6H3,(H2,16,20)/t12-,14-/m0/s1. The number of rotatable bonds is 9. The zero-order chi connectivity index (χ0) is 15.9. The zero-order valence-corrected chi connectivity index (χ0v) is 13.8. The Labute approximate surface area is 123 Å². The van der Waals surface area contributed by atoms with Crippen molar-refractivity contribution in [3.63, 3.8) is 0 Å². The van der Waals surface area contributed by atoms with E-state index in [0.29, 0.717) is 5.92 Å². The summed E-state index contributed by atoms with van der Waals surface area (Å²) < 4.78 is 0. The van der Waals surface area contributed by atoms with E-state index in [1.807, 2.05) is 32.6 Å². The highest BCUT2D eigenvalue weighted by Crippen LogP contribution is 2.08. The Kier molecular flexibility index (Phi) is 8.46. The summed E-state index contributed by atoms with van der Waals surface area (Å²) in [6.45, 7) is 13.0. The van der Waals surface area contributed by atoms with Crippen LogP contribution < -0.4 is 11.1 Å². The van der Waals surface area contributed by atoms with E-state index >= 15 is 0 Å². The first kappa shape index (κ1) is 18.9. The third-order valence-electron chi connectivity index (χ3n) is 3.50. The number of amides is 2. The van der Waals surface area contributed by atoms with E-state index in [4.69, 9.17) is 5.73 Å². The van der Waals surface area contributed by atoms with Gasteiger partial charge in [-0.2, -0.15) is 0 Å². The molecule has 0 aliphatic heterocycles. The van der Waals surface area contributed by atoms with Crippen molar-refractivity contribution in [2.45, 2.75) is 60.0 Å². The average molecular weight is 285 g/mol. The molecule has 0 saturated carbocycles. The molecule has 0 bridgehead atoms. The molecule has 0 aromatic heterocycles. The Morgan fingerprint density at radius 1 is 1.15 bits per heavy atom. The summed E-state index contributed by atoms with van der Waals surface area (Å²) in [5, 5.41) is 3.01. The van der Waals surface area contributed by atoms with Crippen LogP contribution >= 0.6 is 0 Å². The van der Waals surface area contributed by atoms with Crippen LogP contribution in [0.4, 0.5) is 0 Å². The van der Waals surface area contributed by atoms with Crippen molar-refractivity contribution >= 4 is 11.8 Å². The Morgan fingerprint density at radius 2 is 1.70 bits per heavy atom. The van der Waals surface area contributed by atoms with Gasteiger partial charge in [-0.1, -0.05) is 34.1 Å². The van der Waals surface area contributed by atoms with Crippen LogP contribution in [-0.2, 0) is 9.59 Å². The molecular formula is C15H31N3O2. The molecule has 0 saturated heterocycles. The van der Waals surface area contributed by atoms with Gasteiger partial charge in [-0.15, -0.1) is 0 Å². The van der Waals surface area contributed by atoms with Crippen LogP contribution in [0.1, 0.15) is 48.0 Å². The highest BCUT2D eigenvalue weighted by atomic mass is 16.2. The van der Waals surface area contributed by atoms with Gasteiger partial charge in [-0.05, 0) is 25.7 Å². The second-order valence-corrected chi connectivity index (χ2v) is 6.18. The van der Waals surface area contributed by atoms with Crippen molar-refractivity contribution < 1.29 is 9.59 Å². The fourth-order valence-corrected chi connectivity index (χ4v) is 2.11. The third-order valence-corrected chi connectivity index (χ3v) is 3.50. The van der Waals surface area contributed by atoms with Crippen LogP contribution in [-0.4, -0.2) is 41.9 Å². The molecule has 2 atom stereocenters. The van der Waals surface area contributed by atoms with Gasteiger partial charge in [0.05, 0.1) is 12.6 Å². The number of hydrogen-bond acceptors (Lipinski definition) is 3. The van der Waals surface area contributed by atoms with Gasteiger partial charge in [0, 0.05) is 12.6 Å². The molecule has 0 spiro atoms. The zero-order valence-electron chi connectivity index (χ0n) is 13.8. The lowest BCUT2D eigenvalue weighted by Crippen LogP contribution is -2.51. The normalized spacial score (nSPS) is 14.4. The minimum Gasteiger partial charge on any atom is -0.368 e. The molecule has 5 heteroatoms. The molecule has 0 aliphatic rings. The van der Waals surface area contributed by atoms with Gasteiger partial charge in [0.15, 0.2) is 0 Å². The van der Waals surface area contributed by atoms with Gasteiger partial charge < -0.3 is 10.6 Å². The Morgan fingerprint density at radius 3 is 2.05 bits per heavy atom. The molecule has 0 aromatic rings. The molecule has 0 radical (unpaired) electrons. The number of nitrogens with zero attached hydrogens (tertiary/aromatic N) is 1. The summed E-state index contributed by atoms with van der Waals surface area (Å²) >= 11 is 0. The first-order valence-electron chi connectivity index (χ1n) is 7.52. The van der Waals surface area contributed by atoms with Gasteiger partial charge in [0.2, 0.25) is 11.8 Å². The van der Waals surface area contributed by atoms with Crippen molar-refractivity contribution in [1.29, 1.82) is 0 Å². The molecule has 20 heavy (non-hydrogen) atoms. The number of nitrogens with two attached hydrogens (primary N) is 1. The van der Waals surface area contributed by atoms with Crippen LogP contribution in [0.5, 0.6) is 0 Å². The van der Waals surface area contributed by atoms with Crippen LogP contribution in [0.25, 0.3) is 0 Å². The van der Waals surface area contributed by atoms with Gasteiger partial charge in [-0.3, -0.25) is 14.9 Å². The quantitative estimate of drug-likeness (QED) is 0.672. The van der Waals surface area contributed by atoms with Crippen molar-refractivity contribution in [2.24, 2.45) is 17.6 Å². The molecule has 0 unspecified atom stereocenters. The minimum atomic E-state index is -0.447. The third kappa shape index (κ3) is 6.37. The van der Waals surface area contributed by atoms with E-state index < -0.39 is 11.9 Å². The average Bonchev–Trinajstić information content (AvgIpc) is 2.34. The first-order chi connectivity index (χ1) is 9.20. The first-order valence-corrected chi connectivity index (χ1v) is 7.52. The molecule has 3 N–H and O–H groups in total. The summed E-state index contributed by atoms with van der Waals surface area (Å²) in [7, 11) is 0. The van der Waals surface area contributed by atoms with Crippen LogP contribution in [0, 0.1) is 11.8 Å². The molecule has 2 amide bonds. The topological polar surface area (TPSA) is 75.4 Å². The summed E-state index contributed by atoms with van der Waals surface area (Å²) in [6, 6.07) is -0.292. The second-order valence-electron chi connectivity index (χ2n) is 6.18. The smallest absolute Gasteiger partial charge is 0.236 e. The van der Waals surface area contributed by atoms with Gasteiger partial charge in [0.25, 0.3) is 0 Å². The summed E-state index contributed by atoms with van der Waals surface area (Å²) in [5.41, 5.74) is 5.39. The maximum Gasteiger partial charge on any atom is 0.236 e. The monoisotopic (exact) mass is 285 g/mol. The Hall–Kier alpha value is -1.10. The van der Waals surface area contributed by atoms with E-state index in [0.717, 1.165) is 13.0 Å². The molecule has 0 rings (SSSR count). The highest BCUT2D eigenvalue weighted by molar-refractivity contribution is 5.82. The molecule has 0 fully saturated rings. The van der Waals surface area contributed by atoms with E-state index in [-0.39, 0.29) is 24.4 Å². The lowest BCUT2D eigenvalue weighted by molar-refractivity contribution is -0.132. The molecule has 0 heterocycles. The van der Waals surface area contributed by atoms with Gasteiger partial charge in [0.1, 0.15) is 0 Å². The highest BCUT2D eigenvalue weighted by Gasteiger charge is 2.24. The number of hydrogen-bond donors (Lipinski definition) is 2. The summed E-state index contributed by atoms with van der Waals surface area (Å²) in [5.74, 6) is 0.163. The minimum absolute atomic E-state index is 0.0169. The van der Waals surface area contributed by atoms with Crippen molar-refractivity contribution in [3.05, 3.63) is 0 Å². The fourth-order valence-electron chi connectivity index (χ4n) is 2.11. The number of nitrogens with one attached hydrogen (secondary N) is 1. The van der Waals surface area contributed by atoms with Gasteiger partial charge in [-0.25, -0.2) is 0 Å². The molecule has 0 aliphatic carbocycles. The van der Waals surface area contributed by atoms with Crippen molar-refractivity contribution in [2.75, 3.05) is 13.1 Å². The van der Waals surface area contributed by atoms with E-state index in [2.05, 4.69) is 19.2 Å². The second kappa shape index (κ2) is 8.95. The van der Waals surface area contributed by atoms with E-state index in [1.165, 1.54) is 0 Å². The van der Waals surface area contributed by atoms with Crippen LogP contribution in [0.2, 0.25) is 0 Å². The van der Waals surface area contributed by atoms with Crippen LogP contribution in [0.15, 0.2) is 0 Å². The van der Waals surface area contributed by atoms with Gasteiger partial charge >= 0.3 is 0 Å². The SMILES string of the molecule is CC[C@H](C)[C@H](NCC(=O)N(CC(C)C)C(C)C)C(N)=O. The predicted molar refractivity (Wildman–Crippen MR) is 82.1 cm³/mol.